The Balaban J connectivity index is 2.53. The Kier molecular flexibility index (Phi) is 6.71. The minimum Gasteiger partial charge on any atom is -0.350 e. The van der Waals surface area contributed by atoms with Gasteiger partial charge in [0.15, 0.2) is 11.1 Å². The molecule has 106 valence electrons. The van der Waals surface area contributed by atoms with E-state index in [1.54, 1.807) is 4.90 Å². The molecule has 0 aromatic heterocycles. The zero-order chi connectivity index (χ0) is 13.7. The average Bonchev–Trinajstić information content (AvgIpc) is 2.32. The van der Waals surface area contributed by atoms with Crippen LogP contribution in [0.3, 0.4) is 0 Å². The molecule has 0 aliphatic carbocycles. The monoisotopic (exact) mass is 297 g/mol. The molecule has 0 aromatic carbocycles. The van der Waals surface area contributed by atoms with Gasteiger partial charge in [0, 0.05) is 12.5 Å². The summed E-state index contributed by atoms with van der Waals surface area (Å²) in [4.78, 5) is 12.4. The van der Waals surface area contributed by atoms with Gasteiger partial charge in [0.25, 0.3) is 5.91 Å². The Morgan fingerprint density at radius 2 is 2.11 bits per heavy atom. The third kappa shape index (κ3) is 4.57. The van der Waals surface area contributed by atoms with Crippen LogP contribution < -0.4 is 0 Å². The van der Waals surface area contributed by atoms with E-state index in [0.29, 0.717) is 25.6 Å². The first-order chi connectivity index (χ1) is 8.45. The van der Waals surface area contributed by atoms with Crippen LogP contribution in [0, 0.1) is 5.92 Å². The van der Waals surface area contributed by atoms with E-state index in [2.05, 4.69) is 6.92 Å². The van der Waals surface area contributed by atoms with E-state index in [0.717, 1.165) is 6.42 Å². The zero-order valence-corrected chi connectivity index (χ0v) is 12.6. The number of carbonyl (C=O) groups is 1. The van der Waals surface area contributed by atoms with Crippen LogP contribution in [0.1, 0.15) is 27.2 Å². The minimum atomic E-state index is -1.03. The van der Waals surface area contributed by atoms with Crippen LogP contribution in [0.15, 0.2) is 0 Å². The molecule has 1 amide bonds. The van der Waals surface area contributed by atoms with Gasteiger partial charge >= 0.3 is 0 Å². The van der Waals surface area contributed by atoms with Crippen molar-refractivity contribution in [1.82, 2.24) is 4.90 Å². The Bertz CT molecular complexity index is 276. The molecule has 3 atom stereocenters. The predicted molar refractivity (Wildman–Crippen MR) is 71.8 cm³/mol. The second kappa shape index (κ2) is 7.53. The van der Waals surface area contributed by atoms with E-state index in [1.807, 2.05) is 13.8 Å². The summed E-state index contributed by atoms with van der Waals surface area (Å²) in [6.45, 7) is 7.69. The highest BCUT2D eigenvalue weighted by molar-refractivity contribution is 6.53. The Morgan fingerprint density at radius 1 is 1.44 bits per heavy atom. The summed E-state index contributed by atoms with van der Waals surface area (Å²) < 4.78 is 11.3. The molecule has 18 heavy (non-hydrogen) atoms. The number of rotatable bonds is 5. The molecule has 6 heteroatoms. The summed E-state index contributed by atoms with van der Waals surface area (Å²) in [7, 11) is 0. The van der Waals surface area contributed by atoms with Crippen LogP contribution in [0.5, 0.6) is 0 Å². The third-order valence-electron chi connectivity index (χ3n) is 3.07. The van der Waals surface area contributed by atoms with Gasteiger partial charge in [0.2, 0.25) is 0 Å². The van der Waals surface area contributed by atoms with E-state index < -0.39 is 11.1 Å². The van der Waals surface area contributed by atoms with Gasteiger partial charge in [-0.05, 0) is 13.3 Å². The van der Waals surface area contributed by atoms with Gasteiger partial charge in [0.1, 0.15) is 0 Å². The molecule has 4 nitrogen and oxygen atoms in total. The maximum Gasteiger partial charge on any atom is 0.256 e. The topological polar surface area (TPSA) is 38.8 Å². The smallest absolute Gasteiger partial charge is 0.256 e. The first-order valence-electron chi connectivity index (χ1n) is 6.29. The fraction of sp³-hybridized carbons (Fsp3) is 0.917. The number of alkyl halides is 2. The summed E-state index contributed by atoms with van der Waals surface area (Å²) in [5.41, 5.74) is 0. The van der Waals surface area contributed by atoms with Crippen molar-refractivity contribution in [2.75, 3.05) is 19.7 Å². The first kappa shape index (κ1) is 16.0. The van der Waals surface area contributed by atoms with Crippen molar-refractivity contribution in [3.8, 4) is 0 Å². The maximum atomic E-state index is 11.8. The van der Waals surface area contributed by atoms with Crippen molar-refractivity contribution in [2.45, 2.75) is 44.4 Å². The second-order valence-electron chi connectivity index (χ2n) is 4.67. The van der Waals surface area contributed by atoms with Crippen LogP contribution in [0.2, 0.25) is 0 Å². The summed E-state index contributed by atoms with van der Waals surface area (Å²) in [5, 5.41) is 0. The quantitative estimate of drug-likeness (QED) is 0.732. The van der Waals surface area contributed by atoms with E-state index in [4.69, 9.17) is 32.7 Å². The first-order valence-corrected chi connectivity index (χ1v) is 7.17. The van der Waals surface area contributed by atoms with E-state index >= 15 is 0 Å². The number of nitrogens with zero attached hydrogens (tertiary/aromatic N) is 1. The highest BCUT2D eigenvalue weighted by Crippen LogP contribution is 2.19. The minimum absolute atomic E-state index is 0.130. The molecule has 0 bridgehead atoms. The Labute approximate surface area is 119 Å². The molecular weight excluding hydrogens is 277 g/mol. The van der Waals surface area contributed by atoms with Crippen molar-refractivity contribution in [2.24, 2.45) is 5.92 Å². The molecule has 1 aliphatic rings. The lowest BCUT2D eigenvalue weighted by atomic mass is 10.1. The number of hydrogen-bond donors (Lipinski definition) is 0. The molecule has 1 heterocycles. The molecule has 0 aromatic rings. The summed E-state index contributed by atoms with van der Waals surface area (Å²) in [5.74, 6) is 0.0732. The fourth-order valence-electron chi connectivity index (χ4n) is 1.78. The third-order valence-corrected chi connectivity index (χ3v) is 3.45. The van der Waals surface area contributed by atoms with E-state index in [1.165, 1.54) is 0 Å². The van der Waals surface area contributed by atoms with Gasteiger partial charge in [0.05, 0.1) is 19.3 Å². The number of halogens is 2. The van der Waals surface area contributed by atoms with Crippen molar-refractivity contribution in [1.29, 1.82) is 0 Å². The highest BCUT2D eigenvalue weighted by atomic mass is 35.5. The van der Waals surface area contributed by atoms with E-state index in [9.17, 15) is 4.79 Å². The summed E-state index contributed by atoms with van der Waals surface area (Å²) >= 11 is 11.2. The molecule has 1 fully saturated rings. The molecule has 0 spiro atoms. The van der Waals surface area contributed by atoms with Crippen LogP contribution in [-0.4, -0.2) is 47.7 Å². The van der Waals surface area contributed by atoms with Crippen molar-refractivity contribution in [3.05, 3.63) is 0 Å². The number of amides is 1. The van der Waals surface area contributed by atoms with Gasteiger partial charge < -0.3 is 14.4 Å². The molecule has 1 saturated heterocycles. The molecule has 0 saturated carbocycles. The van der Waals surface area contributed by atoms with Crippen LogP contribution >= 0.6 is 23.2 Å². The van der Waals surface area contributed by atoms with Gasteiger partial charge in [-0.3, -0.25) is 4.79 Å². The van der Waals surface area contributed by atoms with Crippen LogP contribution in [-0.2, 0) is 14.3 Å². The number of hydrogen-bond acceptors (Lipinski definition) is 3. The SMILES string of the molecule is CCCN(CC1OCC(C)C(C)O1)C(=O)C(Cl)Cl. The Morgan fingerprint density at radius 3 is 2.61 bits per heavy atom. The lowest BCUT2D eigenvalue weighted by Gasteiger charge is -2.35. The highest BCUT2D eigenvalue weighted by Gasteiger charge is 2.29. The van der Waals surface area contributed by atoms with Crippen LogP contribution in [0.25, 0.3) is 0 Å². The van der Waals surface area contributed by atoms with Crippen LogP contribution in [0.4, 0.5) is 0 Å². The molecule has 0 N–H and O–H groups in total. The number of ether oxygens (including phenoxy) is 2. The van der Waals surface area contributed by atoms with Crippen molar-refractivity contribution < 1.29 is 14.3 Å². The molecule has 0 radical (unpaired) electrons. The van der Waals surface area contributed by atoms with Crippen molar-refractivity contribution in [3.63, 3.8) is 0 Å². The second-order valence-corrected chi connectivity index (χ2v) is 5.76. The van der Waals surface area contributed by atoms with Crippen molar-refractivity contribution >= 4 is 29.1 Å². The lowest BCUT2D eigenvalue weighted by molar-refractivity contribution is -0.233. The summed E-state index contributed by atoms with van der Waals surface area (Å²) in [6.07, 6.45) is 0.578. The maximum absolute atomic E-state index is 11.8. The average molecular weight is 298 g/mol. The Hall–Kier alpha value is -0.0300. The molecular formula is C12H21Cl2NO3. The van der Waals surface area contributed by atoms with Gasteiger partial charge in [-0.15, -0.1) is 0 Å². The summed E-state index contributed by atoms with van der Waals surface area (Å²) in [6, 6.07) is 0. The molecule has 1 aliphatic heterocycles. The number of carbonyl (C=O) groups excluding carboxylic acids is 1. The van der Waals surface area contributed by atoms with E-state index in [-0.39, 0.29) is 12.0 Å². The predicted octanol–water partition coefficient (Wildman–Crippen LogP) is 2.43. The zero-order valence-electron chi connectivity index (χ0n) is 11.1. The largest absolute Gasteiger partial charge is 0.350 e. The van der Waals surface area contributed by atoms with Gasteiger partial charge in [-0.1, -0.05) is 37.0 Å². The standard InChI is InChI=1S/C12H21Cl2NO3/c1-4-5-15(12(16)11(13)14)6-10-17-7-8(2)9(3)18-10/h8-11H,4-7H2,1-3H3. The normalized spacial score (nSPS) is 28.4. The molecule has 3 unspecified atom stereocenters. The fourth-order valence-corrected chi connectivity index (χ4v) is 2.06. The van der Waals surface area contributed by atoms with Gasteiger partial charge in [-0.25, -0.2) is 0 Å². The molecule has 1 rings (SSSR count). The lowest BCUT2D eigenvalue weighted by Crippen LogP contribution is -2.47. The van der Waals surface area contributed by atoms with Gasteiger partial charge in [-0.2, -0.15) is 0 Å².